The fraction of sp³-hybridized carbons (Fsp3) is 0.250. The minimum absolute atomic E-state index is 0.360. The van der Waals surface area contributed by atoms with E-state index in [1.165, 1.54) is 0 Å². The highest BCUT2D eigenvalue weighted by atomic mass is 16.5. The lowest BCUT2D eigenvalue weighted by Gasteiger charge is -2.16. The molecule has 78 valence electrons. The summed E-state index contributed by atoms with van der Waals surface area (Å²) in [6.07, 6.45) is 3.69. The molecule has 0 unspecified atom stereocenters. The maximum atomic E-state index is 11.2. The summed E-state index contributed by atoms with van der Waals surface area (Å²) in [5.41, 5.74) is 8.01. The van der Waals surface area contributed by atoms with E-state index in [-0.39, 0.29) is 5.91 Å². The van der Waals surface area contributed by atoms with Gasteiger partial charge in [0.15, 0.2) is 0 Å². The van der Waals surface area contributed by atoms with Crippen molar-refractivity contribution in [2.24, 2.45) is 5.73 Å². The Morgan fingerprint density at radius 3 is 2.93 bits per heavy atom. The van der Waals surface area contributed by atoms with Crippen LogP contribution >= 0.6 is 0 Å². The number of carbonyl (C=O) groups is 1. The van der Waals surface area contributed by atoms with Gasteiger partial charge in [0.05, 0.1) is 7.11 Å². The van der Waals surface area contributed by atoms with Gasteiger partial charge in [0.2, 0.25) is 5.91 Å². The normalized spacial score (nSPS) is 14.1. The Balaban J connectivity index is 2.48. The Bertz CT molecular complexity index is 435. The first-order valence-corrected chi connectivity index (χ1v) is 4.89. The van der Waals surface area contributed by atoms with Crippen molar-refractivity contribution in [1.29, 1.82) is 0 Å². The Hall–Kier alpha value is -1.77. The number of methoxy groups -OCH3 is 1. The van der Waals surface area contributed by atoms with Gasteiger partial charge >= 0.3 is 0 Å². The maximum absolute atomic E-state index is 11.2. The molecule has 1 amide bonds. The lowest BCUT2D eigenvalue weighted by atomic mass is 9.90. The molecule has 1 aliphatic rings. The highest BCUT2D eigenvalue weighted by Gasteiger charge is 2.16. The van der Waals surface area contributed by atoms with E-state index < -0.39 is 0 Å². The molecule has 2 rings (SSSR count). The summed E-state index contributed by atoms with van der Waals surface area (Å²) < 4.78 is 5.14. The van der Waals surface area contributed by atoms with Gasteiger partial charge in [-0.2, -0.15) is 0 Å². The van der Waals surface area contributed by atoms with E-state index >= 15 is 0 Å². The first kappa shape index (κ1) is 9.77. The zero-order valence-electron chi connectivity index (χ0n) is 8.62. The number of ether oxygens (including phenoxy) is 1. The molecule has 0 spiro atoms. The third kappa shape index (κ3) is 1.73. The molecule has 0 heterocycles. The number of nitrogens with two attached hydrogens (primary N) is 1. The first-order chi connectivity index (χ1) is 7.22. The molecule has 0 aliphatic heterocycles. The third-order valence-corrected chi connectivity index (χ3v) is 2.63. The van der Waals surface area contributed by atoms with E-state index in [9.17, 15) is 4.79 Å². The molecule has 0 aromatic heterocycles. The van der Waals surface area contributed by atoms with Gasteiger partial charge in [-0.3, -0.25) is 4.79 Å². The third-order valence-electron chi connectivity index (χ3n) is 2.63. The summed E-state index contributed by atoms with van der Waals surface area (Å²) in [4.78, 5) is 11.2. The molecule has 0 saturated carbocycles. The summed E-state index contributed by atoms with van der Waals surface area (Å²) in [7, 11) is 1.63. The van der Waals surface area contributed by atoms with Crippen molar-refractivity contribution in [2.45, 2.75) is 12.8 Å². The van der Waals surface area contributed by atoms with Crippen LogP contribution in [0.5, 0.6) is 5.75 Å². The highest BCUT2D eigenvalue weighted by molar-refractivity contribution is 6.19. The summed E-state index contributed by atoms with van der Waals surface area (Å²) in [6.45, 7) is 0. The van der Waals surface area contributed by atoms with Gasteiger partial charge < -0.3 is 10.5 Å². The van der Waals surface area contributed by atoms with E-state index in [0.29, 0.717) is 5.57 Å². The van der Waals surface area contributed by atoms with E-state index in [2.05, 4.69) is 0 Å². The Labute approximate surface area is 88.5 Å². The lowest BCUT2D eigenvalue weighted by molar-refractivity contribution is -0.112. The number of hydrogen-bond acceptors (Lipinski definition) is 2. The van der Waals surface area contributed by atoms with Crippen molar-refractivity contribution < 1.29 is 9.53 Å². The van der Waals surface area contributed by atoms with Gasteiger partial charge in [-0.15, -0.1) is 0 Å². The van der Waals surface area contributed by atoms with Crippen LogP contribution in [0.3, 0.4) is 0 Å². The van der Waals surface area contributed by atoms with Crippen LogP contribution in [-0.2, 0) is 11.2 Å². The van der Waals surface area contributed by atoms with Gasteiger partial charge in [0, 0.05) is 5.57 Å². The molecule has 0 fully saturated rings. The largest absolute Gasteiger partial charge is 0.497 e. The first-order valence-electron chi connectivity index (χ1n) is 4.89. The van der Waals surface area contributed by atoms with E-state index in [1.54, 1.807) is 7.11 Å². The van der Waals surface area contributed by atoms with Gasteiger partial charge in [0.25, 0.3) is 0 Å². The number of aryl methyl sites for hydroxylation is 1. The van der Waals surface area contributed by atoms with Gasteiger partial charge in [-0.1, -0.05) is 12.1 Å². The van der Waals surface area contributed by atoms with E-state index in [1.807, 2.05) is 24.3 Å². The Kier molecular flexibility index (Phi) is 2.46. The molecule has 2 N–H and O–H groups in total. The summed E-state index contributed by atoms with van der Waals surface area (Å²) in [6, 6.07) is 5.70. The molecular weight excluding hydrogens is 190 g/mol. The quantitative estimate of drug-likeness (QED) is 0.792. The number of fused-ring (bicyclic) bond motifs is 1. The topological polar surface area (TPSA) is 52.3 Å². The monoisotopic (exact) mass is 203 g/mol. The zero-order valence-corrected chi connectivity index (χ0v) is 8.62. The summed E-state index contributed by atoms with van der Waals surface area (Å²) >= 11 is 0. The number of carbonyl (C=O) groups excluding carboxylic acids is 1. The van der Waals surface area contributed by atoms with Gasteiger partial charge in [-0.05, 0) is 36.1 Å². The standard InChI is InChI=1S/C12H13NO2/c1-15-9-5-6-10-8(7-9)3-2-4-11(10)12(13)14/h4-7H,2-3H2,1H3,(H2,13,14). The molecule has 15 heavy (non-hydrogen) atoms. The smallest absolute Gasteiger partial charge is 0.248 e. The molecule has 1 aliphatic carbocycles. The van der Waals surface area contributed by atoms with Crippen LogP contribution in [0.2, 0.25) is 0 Å². The van der Waals surface area contributed by atoms with Crippen molar-refractivity contribution in [3.8, 4) is 5.75 Å². The van der Waals surface area contributed by atoms with Crippen LogP contribution in [0.25, 0.3) is 5.57 Å². The Morgan fingerprint density at radius 2 is 2.27 bits per heavy atom. The van der Waals surface area contributed by atoms with Crippen molar-refractivity contribution in [1.82, 2.24) is 0 Å². The SMILES string of the molecule is COc1ccc2c(c1)CCC=C2C(N)=O. The second-order valence-electron chi connectivity index (χ2n) is 3.54. The fourth-order valence-corrected chi connectivity index (χ4v) is 1.88. The minimum atomic E-state index is -0.360. The predicted molar refractivity (Wildman–Crippen MR) is 58.5 cm³/mol. The van der Waals surface area contributed by atoms with Crippen LogP contribution in [0, 0.1) is 0 Å². The molecule has 1 aromatic carbocycles. The zero-order chi connectivity index (χ0) is 10.8. The second-order valence-corrected chi connectivity index (χ2v) is 3.54. The molecule has 3 heteroatoms. The molecule has 3 nitrogen and oxygen atoms in total. The minimum Gasteiger partial charge on any atom is -0.497 e. The van der Waals surface area contributed by atoms with Crippen molar-refractivity contribution in [2.75, 3.05) is 7.11 Å². The summed E-state index contributed by atoms with van der Waals surface area (Å²) in [5.74, 6) is 0.459. The molecule has 0 bridgehead atoms. The molecule has 0 atom stereocenters. The lowest BCUT2D eigenvalue weighted by Crippen LogP contribution is -2.16. The van der Waals surface area contributed by atoms with Crippen molar-refractivity contribution in [3.63, 3.8) is 0 Å². The van der Waals surface area contributed by atoms with Gasteiger partial charge in [0.1, 0.15) is 5.75 Å². The number of rotatable bonds is 2. The number of allylic oxidation sites excluding steroid dienone is 1. The van der Waals surface area contributed by atoms with Crippen LogP contribution in [-0.4, -0.2) is 13.0 Å². The Morgan fingerprint density at radius 1 is 1.47 bits per heavy atom. The molecule has 0 radical (unpaired) electrons. The molecule has 1 aromatic rings. The summed E-state index contributed by atoms with van der Waals surface area (Å²) in [5, 5.41) is 0. The average Bonchev–Trinajstić information content (AvgIpc) is 2.27. The number of amides is 1. The second kappa shape index (κ2) is 3.77. The van der Waals surface area contributed by atoms with E-state index in [0.717, 1.165) is 29.7 Å². The van der Waals surface area contributed by atoms with Crippen LogP contribution in [0.1, 0.15) is 17.5 Å². The molecular formula is C12H13NO2. The van der Waals surface area contributed by atoms with Crippen LogP contribution in [0.15, 0.2) is 24.3 Å². The maximum Gasteiger partial charge on any atom is 0.248 e. The number of hydrogen-bond donors (Lipinski definition) is 1. The van der Waals surface area contributed by atoms with Crippen molar-refractivity contribution >= 4 is 11.5 Å². The van der Waals surface area contributed by atoms with Crippen molar-refractivity contribution in [3.05, 3.63) is 35.4 Å². The number of primary amides is 1. The number of benzene rings is 1. The van der Waals surface area contributed by atoms with Crippen LogP contribution < -0.4 is 10.5 Å². The van der Waals surface area contributed by atoms with Crippen LogP contribution in [0.4, 0.5) is 0 Å². The molecule has 0 saturated heterocycles. The van der Waals surface area contributed by atoms with Gasteiger partial charge in [-0.25, -0.2) is 0 Å². The fourth-order valence-electron chi connectivity index (χ4n) is 1.88. The predicted octanol–water partition coefficient (Wildman–Crippen LogP) is 1.51. The average molecular weight is 203 g/mol. The van der Waals surface area contributed by atoms with E-state index in [4.69, 9.17) is 10.5 Å². The highest BCUT2D eigenvalue weighted by Crippen LogP contribution is 2.29.